The van der Waals surface area contributed by atoms with E-state index in [-0.39, 0.29) is 0 Å². The van der Waals surface area contributed by atoms with Crippen LogP contribution >= 0.6 is 0 Å². The van der Waals surface area contributed by atoms with Gasteiger partial charge in [-0.25, -0.2) is 4.98 Å². The first-order chi connectivity index (χ1) is 10.2. The second kappa shape index (κ2) is 5.54. The largest absolute Gasteiger partial charge is 0.494 e. The Labute approximate surface area is 124 Å². The van der Waals surface area contributed by atoms with Crippen molar-refractivity contribution in [2.75, 3.05) is 7.11 Å². The van der Waals surface area contributed by atoms with Crippen LogP contribution in [0.3, 0.4) is 0 Å². The zero-order chi connectivity index (χ0) is 14.8. The number of rotatable bonds is 3. The van der Waals surface area contributed by atoms with Crippen LogP contribution in [0.2, 0.25) is 0 Å². The number of hydrogen-bond donors (Lipinski definition) is 1. The summed E-state index contributed by atoms with van der Waals surface area (Å²) in [6.07, 6.45) is 0. The molecule has 0 aliphatic heterocycles. The number of fused-ring (bicyclic) bond motifs is 1. The topological polar surface area (TPSA) is 48.1 Å². The summed E-state index contributed by atoms with van der Waals surface area (Å²) in [4.78, 5) is 4.63. The number of nitrogens with zero attached hydrogens (tertiary/aromatic N) is 1. The van der Waals surface area contributed by atoms with Gasteiger partial charge in [-0.3, -0.25) is 0 Å². The summed E-state index contributed by atoms with van der Waals surface area (Å²) in [5, 5.41) is 1.09. The standard InChI is InChI=1S/C18H18N2O/c1-12-6-7-16-15(8-9-17(21-2)18(16)20-12)14-5-3-4-13(10-14)11-19/h3-10H,11,19H2,1-2H3. The Morgan fingerprint density at radius 1 is 1.10 bits per heavy atom. The van der Waals surface area contributed by atoms with Crippen LogP contribution in [0.1, 0.15) is 11.3 Å². The number of hydrogen-bond acceptors (Lipinski definition) is 3. The lowest BCUT2D eigenvalue weighted by molar-refractivity contribution is 0.419. The fourth-order valence-electron chi connectivity index (χ4n) is 2.57. The van der Waals surface area contributed by atoms with E-state index in [1.807, 2.05) is 31.2 Å². The minimum absolute atomic E-state index is 0.541. The first-order valence-corrected chi connectivity index (χ1v) is 6.96. The summed E-state index contributed by atoms with van der Waals surface area (Å²) >= 11 is 0. The van der Waals surface area contributed by atoms with E-state index in [0.29, 0.717) is 6.54 Å². The van der Waals surface area contributed by atoms with Crippen molar-refractivity contribution in [3.8, 4) is 16.9 Å². The van der Waals surface area contributed by atoms with Gasteiger partial charge in [-0.05, 0) is 47.9 Å². The molecule has 21 heavy (non-hydrogen) atoms. The second-order valence-electron chi connectivity index (χ2n) is 5.07. The third-order valence-corrected chi connectivity index (χ3v) is 3.65. The molecule has 0 atom stereocenters. The molecular formula is C18H18N2O. The summed E-state index contributed by atoms with van der Waals surface area (Å²) < 4.78 is 5.44. The van der Waals surface area contributed by atoms with Crippen molar-refractivity contribution in [2.24, 2.45) is 5.73 Å². The van der Waals surface area contributed by atoms with Gasteiger partial charge in [0.25, 0.3) is 0 Å². The molecule has 0 aliphatic rings. The van der Waals surface area contributed by atoms with Gasteiger partial charge in [0, 0.05) is 17.6 Å². The highest BCUT2D eigenvalue weighted by molar-refractivity contribution is 5.98. The lowest BCUT2D eigenvalue weighted by atomic mass is 9.98. The molecule has 3 rings (SSSR count). The Morgan fingerprint density at radius 3 is 2.71 bits per heavy atom. The minimum atomic E-state index is 0.541. The number of aryl methyl sites for hydroxylation is 1. The SMILES string of the molecule is COc1ccc(-c2cccc(CN)c2)c2ccc(C)nc12. The van der Waals surface area contributed by atoms with Crippen molar-refractivity contribution in [1.82, 2.24) is 4.98 Å². The van der Waals surface area contributed by atoms with Crippen LogP contribution in [0.15, 0.2) is 48.5 Å². The molecule has 3 aromatic rings. The van der Waals surface area contributed by atoms with Gasteiger partial charge < -0.3 is 10.5 Å². The third-order valence-electron chi connectivity index (χ3n) is 3.65. The Bertz CT molecular complexity index is 796. The molecule has 1 heterocycles. The van der Waals surface area contributed by atoms with Gasteiger partial charge in [-0.1, -0.05) is 24.3 Å². The van der Waals surface area contributed by atoms with Crippen LogP contribution in [0.4, 0.5) is 0 Å². The summed E-state index contributed by atoms with van der Waals surface area (Å²) in [6, 6.07) is 16.5. The number of aromatic nitrogens is 1. The first kappa shape index (κ1) is 13.6. The van der Waals surface area contributed by atoms with Crippen LogP contribution in [-0.4, -0.2) is 12.1 Å². The monoisotopic (exact) mass is 278 g/mol. The molecule has 0 unspecified atom stereocenters. The Kier molecular flexibility index (Phi) is 3.59. The molecular weight excluding hydrogens is 260 g/mol. The highest BCUT2D eigenvalue weighted by atomic mass is 16.5. The van der Waals surface area contributed by atoms with Gasteiger partial charge in [0.05, 0.1) is 7.11 Å². The molecule has 0 saturated carbocycles. The molecule has 2 aromatic carbocycles. The molecule has 0 amide bonds. The van der Waals surface area contributed by atoms with Gasteiger partial charge in [0.2, 0.25) is 0 Å². The maximum atomic E-state index is 5.74. The summed E-state index contributed by atoms with van der Waals surface area (Å²) in [6.45, 7) is 2.53. The molecule has 106 valence electrons. The van der Waals surface area contributed by atoms with Crippen LogP contribution in [0.5, 0.6) is 5.75 Å². The molecule has 0 radical (unpaired) electrons. The Balaban J connectivity index is 2.28. The highest BCUT2D eigenvalue weighted by Gasteiger charge is 2.10. The lowest BCUT2D eigenvalue weighted by Gasteiger charge is -2.11. The molecule has 0 fully saturated rings. The molecule has 0 bridgehead atoms. The van der Waals surface area contributed by atoms with Crippen molar-refractivity contribution in [3.05, 3.63) is 59.8 Å². The lowest BCUT2D eigenvalue weighted by Crippen LogP contribution is -1.96. The van der Waals surface area contributed by atoms with E-state index in [1.54, 1.807) is 7.11 Å². The van der Waals surface area contributed by atoms with E-state index in [9.17, 15) is 0 Å². The fraction of sp³-hybridized carbons (Fsp3) is 0.167. The van der Waals surface area contributed by atoms with Crippen LogP contribution in [-0.2, 0) is 6.54 Å². The van der Waals surface area contributed by atoms with Crippen molar-refractivity contribution < 1.29 is 4.74 Å². The van der Waals surface area contributed by atoms with Crippen molar-refractivity contribution in [3.63, 3.8) is 0 Å². The van der Waals surface area contributed by atoms with Crippen LogP contribution < -0.4 is 10.5 Å². The molecule has 0 saturated heterocycles. The predicted molar refractivity (Wildman–Crippen MR) is 86.4 cm³/mol. The molecule has 0 aliphatic carbocycles. The maximum absolute atomic E-state index is 5.74. The molecule has 3 nitrogen and oxygen atoms in total. The number of methoxy groups -OCH3 is 1. The number of benzene rings is 2. The van der Waals surface area contributed by atoms with E-state index in [4.69, 9.17) is 10.5 Å². The van der Waals surface area contributed by atoms with Gasteiger partial charge in [-0.2, -0.15) is 0 Å². The molecule has 2 N–H and O–H groups in total. The smallest absolute Gasteiger partial charge is 0.145 e. The quantitative estimate of drug-likeness (QED) is 0.795. The maximum Gasteiger partial charge on any atom is 0.145 e. The number of nitrogens with two attached hydrogens (primary N) is 1. The van der Waals surface area contributed by atoms with Crippen LogP contribution in [0, 0.1) is 6.92 Å². The Hall–Kier alpha value is -2.39. The van der Waals surface area contributed by atoms with Gasteiger partial charge in [0.15, 0.2) is 0 Å². The summed E-state index contributed by atoms with van der Waals surface area (Å²) in [7, 11) is 1.67. The Morgan fingerprint density at radius 2 is 1.95 bits per heavy atom. The second-order valence-corrected chi connectivity index (χ2v) is 5.07. The average Bonchev–Trinajstić information content (AvgIpc) is 2.53. The normalized spacial score (nSPS) is 10.8. The van der Waals surface area contributed by atoms with E-state index >= 15 is 0 Å². The predicted octanol–water partition coefficient (Wildman–Crippen LogP) is 3.68. The van der Waals surface area contributed by atoms with E-state index in [0.717, 1.165) is 39.0 Å². The van der Waals surface area contributed by atoms with E-state index < -0.39 is 0 Å². The minimum Gasteiger partial charge on any atom is -0.494 e. The zero-order valence-corrected chi connectivity index (χ0v) is 12.3. The third kappa shape index (κ3) is 2.48. The average molecular weight is 278 g/mol. The zero-order valence-electron chi connectivity index (χ0n) is 12.3. The molecule has 1 aromatic heterocycles. The summed E-state index contributed by atoms with van der Waals surface area (Å²) in [5.41, 5.74) is 11.0. The van der Waals surface area contributed by atoms with Crippen LogP contribution in [0.25, 0.3) is 22.0 Å². The van der Waals surface area contributed by atoms with Crippen molar-refractivity contribution in [1.29, 1.82) is 0 Å². The van der Waals surface area contributed by atoms with Gasteiger partial charge >= 0.3 is 0 Å². The highest BCUT2D eigenvalue weighted by Crippen LogP contribution is 2.33. The van der Waals surface area contributed by atoms with Gasteiger partial charge in [0.1, 0.15) is 11.3 Å². The summed E-state index contributed by atoms with van der Waals surface area (Å²) in [5.74, 6) is 0.799. The van der Waals surface area contributed by atoms with Gasteiger partial charge in [-0.15, -0.1) is 0 Å². The van der Waals surface area contributed by atoms with Crippen molar-refractivity contribution >= 4 is 10.9 Å². The number of pyridine rings is 1. The van der Waals surface area contributed by atoms with Crippen molar-refractivity contribution in [2.45, 2.75) is 13.5 Å². The number of ether oxygens (including phenoxy) is 1. The molecule has 0 spiro atoms. The molecule has 3 heteroatoms. The van der Waals surface area contributed by atoms with E-state index in [1.165, 1.54) is 0 Å². The fourth-order valence-corrected chi connectivity index (χ4v) is 2.57. The van der Waals surface area contributed by atoms with E-state index in [2.05, 4.69) is 29.2 Å². The first-order valence-electron chi connectivity index (χ1n) is 6.96.